The summed E-state index contributed by atoms with van der Waals surface area (Å²) in [6.45, 7) is 1.69. The smallest absolute Gasteiger partial charge is 0.260 e. The molecule has 0 atom stereocenters. The fourth-order valence-electron chi connectivity index (χ4n) is 2.61. The van der Waals surface area contributed by atoms with E-state index in [2.05, 4.69) is 10.2 Å². The van der Waals surface area contributed by atoms with Crippen molar-refractivity contribution in [2.45, 2.75) is 25.7 Å². The molecule has 116 valence electrons. The van der Waals surface area contributed by atoms with Gasteiger partial charge in [-0.3, -0.25) is 4.79 Å². The van der Waals surface area contributed by atoms with E-state index in [-0.39, 0.29) is 12.5 Å². The maximum atomic E-state index is 12.3. The first-order valence-electron chi connectivity index (χ1n) is 7.61. The monoisotopic (exact) mass is 301 g/mol. The van der Waals surface area contributed by atoms with Crippen molar-refractivity contribution in [1.29, 1.82) is 0 Å². The van der Waals surface area contributed by atoms with E-state index in [1.54, 1.807) is 6.07 Å². The molecule has 0 aliphatic carbocycles. The van der Waals surface area contributed by atoms with E-state index in [1.807, 2.05) is 23.1 Å². The normalized spacial score (nSPS) is 15.4. The third-order valence-electron chi connectivity index (χ3n) is 3.79. The number of nitrogens with zero attached hydrogens (tertiary/aromatic N) is 3. The molecule has 0 unspecified atom stereocenters. The lowest BCUT2D eigenvalue weighted by Gasteiger charge is -2.20. The van der Waals surface area contributed by atoms with Gasteiger partial charge in [0.05, 0.1) is 5.56 Å². The Morgan fingerprint density at radius 2 is 1.95 bits per heavy atom. The maximum absolute atomic E-state index is 12.3. The molecule has 6 nitrogen and oxygen atoms in total. The minimum absolute atomic E-state index is 0.0298. The van der Waals surface area contributed by atoms with E-state index < -0.39 is 0 Å². The number of ether oxygens (including phenoxy) is 1. The van der Waals surface area contributed by atoms with Gasteiger partial charge in [0.25, 0.3) is 11.8 Å². The second-order valence-corrected chi connectivity index (χ2v) is 5.32. The molecule has 1 aromatic carbocycles. The lowest BCUT2D eigenvalue weighted by Crippen LogP contribution is -2.35. The average molecular weight is 301 g/mol. The van der Waals surface area contributed by atoms with Crippen LogP contribution in [0.5, 0.6) is 5.75 Å². The summed E-state index contributed by atoms with van der Waals surface area (Å²) in [6, 6.07) is 7.35. The quantitative estimate of drug-likeness (QED) is 0.868. The van der Waals surface area contributed by atoms with Gasteiger partial charge >= 0.3 is 0 Å². The van der Waals surface area contributed by atoms with Gasteiger partial charge in [0.1, 0.15) is 5.75 Å². The zero-order valence-corrected chi connectivity index (χ0v) is 12.4. The van der Waals surface area contributed by atoms with Gasteiger partial charge < -0.3 is 14.1 Å². The standard InChI is InChI=1S/C16H19N3O3/c20-15(19-9-5-1-2-6-10-19)11-21-14-8-4-3-7-13(14)16-18-17-12-22-16/h3-4,7-8,12H,1-2,5-6,9-11H2. The van der Waals surface area contributed by atoms with Crippen LogP contribution in [0.15, 0.2) is 35.1 Å². The Bertz CT molecular complexity index is 605. The number of para-hydroxylation sites is 1. The fraction of sp³-hybridized carbons (Fsp3) is 0.438. The molecule has 2 heterocycles. The zero-order chi connectivity index (χ0) is 15.2. The van der Waals surface area contributed by atoms with Crippen molar-refractivity contribution in [3.8, 4) is 17.2 Å². The minimum atomic E-state index is 0.0298. The number of aromatic nitrogens is 2. The van der Waals surface area contributed by atoms with Crippen molar-refractivity contribution < 1.29 is 13.9 Å². The number of carbonyl (C=O) groups excluding carboxylic acids is 1. The van der Waals surface area contributed by atoms with Gasteiger partial charge in [-0.2, -0.15) is 0 Å². The Labute approximate surface area is 129 Å². The first kappa shape index (κ1) is 14.6. The van der Waals surface area contributed by atoms with Crippen molar-refractivity contribution in [1.82, 2.24) is 15.1 Å². The summed E-state index contributed by atoms with van der Waals surface area (Å²) in [6.07, 6.45) is 5.82. The Morgan fingerprint density at radius 1 is 1.18 bits per heavy atom. The molecule has 0 bridgehead atoms. The number of amides is 1. The second-order valence-electron chi connectivity index (χ2n) is 5.32. The van der Waals surface area contributed by atoms with E-state index >= 15 is 0 Å². The van der Waals surface area contributed by atoms with E-state index in [0.29, 0.717) is 17.2 Å². The first-order valence-corrected chi connectivity index (χ1v) is 7.61. The molecular formula is C16H19N3O3. The molecule has 22 heavy (non-hydrogen) atoms. The topological polar surface area (TPSA) is 68.5 Å². The summed E-state index contributed by atoms with van der Waals surface area (Å²) in [5, 5.41) is 7.56. The van der Waals surface area contributed by atoms with Crippen LogP contribution in [0.4, 0.5) is 0 Å². The van der Waals surface area contributed by atoms with Gasteiger partial charge in [-0.1, -0.05) is 25.0 Å². The highest BCUT2D eigenvalue weighted by Gasteiger charge is 2.17. The largest absolute Gasteiger partial charge is 0.483 e. The van der Waals surface area contributed by atoms with Crippen molar-refractivity contribution in [3.63, 3.8) is 0 Å². The summed E-state index contributed by atoms with van der Waals surface area (Å²) in [5.41, 5.74) is 0.698. The number of carbonyl (C=O) groups is 1. The molecule has 0 spiro atoms. The molecule has 1 aliphatic rings. The number of hydrogen-bond donors (Lipinski definition) is 0. The van der Waals surface area contributed by atoms with E-state index in [4.69, 9.17) is 9.15 Å². The third-order valence-corrected chi connectivity index (χ3v) is 3.79. The zero-order valence-electron chi connectivity index (χ0n) is 12.4. The molecule has 0 saturated carbocycles. The predicted molar refractivity (Wildman–Crippen MR) is 80.3 cm³/mol. The van der Waals surface area contributed by atoms with Crippen molar-refractivity contribution in [3.05, 3.63) is 30.7 Å². The first-order chi connectivity index (χ1) is 10.8. The molecular weight excluding hydrogens is 282 g/mol. The molecule has 1 amide bonds. The Morgan fingerprint density at radius 3 is 2.68 bits per heavy atom. The molecule has 6 heteroatoms. The highest BCUT2D eigenvalue weighted by Crippen LogP contribution is 2.27. The van der Waals surface area contributed by atoms with Gasteiger partial charge in [-0.05, 0) is 25.0 Å². The lowest BCUT2D eigenvalue weighted by atomic mass is 10.2. The van der Waals surface area contributed by atoms with Gasteiger partial charge in [0.2, 0.25) is 6.39 Å². The molecule has 1 aromatic heterocycles. The molecule has 0 radical (unpaired) electrons. The van der Waals surface area contributed by atoms with Crippen LogP contribution in [-0.4, -0.2) is 40.7 Å². The molecule has 2 aromatic rings. The van der Waals surface area contributed by atoms with Gasteiger partial charge in [-0.25, -0.2) is 0 Å². The van der Waals surface area contributed by atoms with Crippen LogP contribution < -0.4 is 4.74 Å². The van der Waals surface area contributed by atoms with Crippen LogP contribution in [0, 0.1) is 0 Å². The number of likely N-dealkylation sites (tertiary alicyclic amines) is 1. The molecule has 1 aliphatic heterocycles. The van der Waals surface area contributed by atoms with Crippen molar-refractivity contribution >= 4 is 5.91 Å². The number of hydrogen-bond acceptors (Lipinski definition) is 5. The van der Waals surface area contributed by atoms with E-state index in [1.165, 1.54) is 19.2 Å². The van der Waals surface area contributed by atoms with Gasteiger partial charge in [0, 0.05) is 13.1 Å². The lowest BCUT2D eigenvalue weighted by molar-refractivity contribution is -0.133. The highest BCUT2D eigenvalue weighted by molar-refractivity contribution is 5.78. The van der Waals surface area contributed by atoms with Crippen molar-refractivity contribution in [2.24, 2.45) is 0 Å². The third kappa shape index (κ3) is 3.44. The van der Waals surface area contributed by atoms with Crippen LogP contribution in [0.1, 0.15) is 25.7 Å². The summed E-state index contributed by atoms with van der Waals surface area (Å²) in [5.74, 6) is 0.995. The molecule has 3 rings (SSSR count). The van der Waals surface area contributed by atoms with E-state index in [0.717, 1.165) is 25.9 Å². The van der Waals surface area contributed by atoms with Crippen LogP contribution in [0.25, 0.3) is 11.5 Å². The molecule has 0 N–H and O–H groups in total. The fourth-order valence-corrected chi connectivity index (χ4v) is 2.61. The van der Waals surface area contributed by atoms with Crippen LogP contribution in [0.3, 0.4) is 0 Å². The number of rotatable bonds is 4. The summed E-state index contributed by atoms with van der Waals surface area (Å²) in [7, 11) is 0. The average Bonchev–Trinajstić information content (AvgIpc) is 2.95. The SMILES string of the molecule is O=C(COc1ccccc1-c1nnco1)N1CCCCCC1. The van der Waals surface area contributed by atoms with Gasteiger partial charge in [0.15, 0.2) is 6.61 Å². The number of benzene rings is 1. The second kappa shape index (κ2) is 7.06. The Balaban J connectivity index is 1.65. The van der Waals surface area contributed by atoms with Crippen LogP contribution >= 0.6 is 0 Å². The molecule has 1 fully saturated rings. The summed E-state index contributed by atoms with van der Waals surface area (Å²) in [4.78, 5) is 14.2. The van der Waals surface area contributed by atoms with Gasteiger partial charge in [-0.15, -0.1) is 10.2 Å². The molecule has 1 saturated heterocycles. The van der Waals surface area contributed by atoms with Crippen LogP contribution in [-0.2, 0) is 4.79 Å². The highest BCUT2D eigenvalue weighted by atomic mass is 16.5. The van der Waals surface area contributed by atoms with Crippen LogP contribution in [0.2, 0.25) is 0 Å². The minimum Gasteiger partial charge on any atom is -0.483 e. The maximum Gasteiger partial charge on any atom is 0.260 e. The summed E-state index contributed by atoms with van der Waals surface area (Å²) < 4.78 is 10.9. The van der Waals surface area contributed by atoms with Crippen molar-refractivity contribution in [2.75, 3.05) is 19.7 Å². The predicted octanol–water partition coefficient (Wildman–Crippen LogP) is 2.52. The Hall–Kier alpha value is -2.37. The van der Waals surface area contributed by atoms with E-state index in [9.17, 15) is 4.79 Å². The Kier molecular flexibility index (Phi) is 4.68. The summed E-state index contributed by atoms with van der Waals surface area (Å²) >= 11 is 0.